The quantitative estimate of drug-likeness (QED) is 0.745. The fourth-order valence-electron chi connectivity index (χ4n) is 2.28. The molecule has 2 amide bonds. The van der Waals surface area contributed by atoms with Crippen molar-refractivity contribution in [3.8, 4) is 0 Å². The molecule has 7 heteroatoms. The van der Waals surface area contributed by atoms with Gasteiger partial charge in [-0.05, 0) is 44.9 Å². The van der Waals surface area contributed by atoms with E-state index < -0.39 is 11.7 Å². The Balaban J connectivity index is 1.70. The van der Waals surface area contributed by atoms with E-state index in [4.69, 9.17) is 4.74 Å². The average molecular weight is 358 g/mol. The first-order valence-corrected chi connectivity index (χ1v) is 8.63. The van der Waals surface area contributed by atoms with Crippen LogP contribution in [-0.2, 0) is 22.5 Å². The number of aryl methyl sites for hydroxylation is 1. The molecule has 0 aliphatic heterocycles. The number of rotatable bonds is 7. The third kappa shape index (κ3) is 7.38. The van der Waals surface area contributed by atoms with Crippen LogP contribution in [0, 0.1) is 0 Å². The molecule has 0 atom stereocenters. The summed E-state index contributed by atoms with van der Waals surface area (Å²) in [5.74, 6) is -0.0246. The second-order valence-corrected chi connectivity index (χ2v) is 7.00. The van der Waals surface area contributed by atoms with Crippen LogP contribution in [0.25, 0.3) is 0 Å². The Kier molecular flexibility index (Phi) is 6.77. The van der Waals surface area contributed by atoms with Gasteiger partial charge < -0.3 is 14.6 Å². The number of carbonyl (C=O) groups excluding carboxylic acids is 2. The molecule has 0 spiro atoms. The number of nitrogens with one attached hydrogen (secondary N) is 2. The van der Waals surface area contributed by atoms with E-state index in [9.17, 15) is 9.59 Å². The summed E-state index contributed by atoms with van der Waals surface area (Å²) in [5.41, 5.74) is 0.968. The molecular formula is C19H26N4O3. The Bertz CT molecular complexity index is 703. The molecule has 140 valence electrons. The van der Waals surface area contributed by atoms with Gasteiger partial charge in [0.2, 0.25) is 5.91 Å². The molecule has 0 unspecified atom stereocenters. The van der Waals surface area contributed by atoms with Gasteiger partial charge in [0.05, 0.1) is 12.7 Å². The molecule has 7 nitrogen and oxygen atoms in total. The number of nitrogens with zero attached hydrogens (tertiary/aromatic N) is 2. The van der Waals surface area contributed by atoms with Crippen molar-refractivity contribution in [1.82, 2.24) is 14.9 Å². The first-order valence-electron chi connectivity index (χ1n) is 8.63. The largest absolute Gasteiger partial charge is 0.444 e. The van der Waals surface area contributed by atoms with Crippen molar-refractivity contribution in [2.75, 3.05) is 11.9 Å². The number of hydrogen-bond donors (Lipinski definition) is 2. The summed E-state index contributed by atoms with van der Waals surface area (Å²) in [5, 5.41) is 5.57. The molecule has 0 bridgehead atoms. The smallest absolute Gasteiger partial charge is 0.412 e. The maximum absolute atomic E-state index is 12.0. The lowest BCUT2D eigenvalue weighted by atomic mass is 10.1. The highest BCUT2D eigenvalue weighted by molar-refractivity contribution is 5.85. The van der Waals surface area contributed by atoms with Gasteiger partial charge in [0.25, 0.3) is 0 Å². The highest BCUT2D eigenvalue weighted by Gasteiger charge is 2.16. The molecule has 1 aromatic carbocycles. The number of hydrogen-bond acceptors (Lipinski definition) is 4. The Morgan fingerprint density at radius 3 is 2.54 bits per heavy atom. The minimum absolute atomic E-state index is 0.0246. The number of imidazole rings is 1. The van der Waals surface area contributed by atoms with Crippen molar-refractivity contribution in [3.05, 3.63) is 48.5 Å². The molecule has 0 aliphatic rings. The van der Waals surface area contributed by atoms with Crippen molar-refractivity contribution in [2.45, 2.75) is 45.8 Å². The minimum atomic E-state index is -0.542. The molecule has 0 radical (unpaired) electrons. The number of anilines is 1. The number of aromatic nitrogens is 2. The molecule has 0 aliphatic carbocycles. The van der Waals surface area contributed by atoms with Gasteiger partial charge in [0, 0.05) is 31.2 Å². The summed E-state index contributed by atoms with van der Waals surface area (Å²) >= 11 is 0. The standard InChI is InChI=1S/C19H26N4O3/c1-19(2,3)26-18(25)22-16-7-5-15(6-8-16)13-17(24)21-9-4-11-23-12-10-20-14-23/h5-8,10,12,14H,4,9,11,13H2,1-3H3,(H,21,24)(H,22,25). The van der Waals surface area contributed by atoms with E-state index >= 15 is 0 Å². The second-order valence-electron chi connectivity index (χ2n) is 7.00. The summed E-state index contributed by atoms with van der Waals surface area (Å²) in [7, 11) is 0. The first-order chi connectivity index (χ1) is 12.3. The molecule has 2 N–H and O–H groups in total. The molecule has 2 rings (SSSR count). The van der Waals surface area contributed by atoms with Crippen LogP contribution >= 0.6 is 0 Å². The van der Waals surface area contributed by atoms with Gasteiger partial charge >= 0.3 is 6.09 Å². The summed E-state index contributed by atoms with van der Waals surface area (Å²) < 4.78 is 7.17. The highest BCUT2D eigenvalue weighted by Crippen LogP contribution is 2.13. The first kappa shape index (κ1) is 19.5. The van der Waals surface area contributed by atoms with Crippen LogP contribution in [-0.4, -0.2) is 33.7 Å². The Hall–Kier alpha value is -2.83. The van der Waals surface area contributed by atoms with Crippen molar-refractivity contribution in [1.29, 1.82) is 0 Å². The van der Waals surface area contributed by atoms with E-state index in [1.165, 1.54) is 0 Å². The van der Waals surface area contributed by atoms with Crippen molar-refractivity contribution >= 4 is 17.7 Å². The number of ether oxygens (including phenoxy) is 1. The van der Waals surface area contributed by atoms with Gasteiger partial charge in [0.1, 0.15) is 5.60 Å². The van der Waals surface area contributed by atoms with Gasteiger partial charge in [-0.1, -0.05) is 12.1 Å². The van der Waals surface area contributed by atoms with Crippen LogP contribution in [0.3, 0.4) is 0 Å². The maximum Gasteiger partial charge on any atom is 0.412 e. The summed E-state index contributed by atoms with van der Waals surface area (Å²) in [4.78, 5) is 27.7. The van der Waals surface area contributed by atoms with Gasteiger partial charge in [0.15, 0.2) is 0 Å². The van der Waals surface area contributed by atoms with Crippen molar-refractivity contribution in [2.24, 2.45) is 0 Å². The molecule has 0 fully saturated rings. The number of amides is 2. The second kappa shape index (κ2) is 9.03. The third-order valence-electron chi connectivity index (χ3n) is 3.44. The van der Waals surface area contributed by atoms with E-state index in [1.54, 1.807) is 24.7 Å². The zero-order chi connectivity index (χ0) is 19.0. The lowest BCUT2D eigenvalue weighted by Gasteiger charge is -2.19. The highest BCUT2D eigenvalue weighted by atomic mass is 16.6. The number of benzene rings is 1. The van der Waals surface area contributed by atoms with Gasteiger partial charge in [-0.2, -0.15) is 0 Å². The predicted octanol–water partition coefficient (Wildman–Crippen LogP) is 2.98. The van der Waals surface area contributed by atoms with E-state index in [2.05, 4.69) is 15.6 Å². The van der Waals surface area contributed by atoms with Crippen LogP contribution in [0.1, 0.15) is 32.8 Å². The predicted molar refractivity (Wildman–Crippen MR) is 99.9 cm³/mol. The Labute approximate surface area is 153 Å². The third-order valence-corrected chi connectivity index (χ3v) is 3.44. The van der Waals surface area contributed by atoms with E-state index in [1.807, 2.05) is 43.7 Å². The van der Waals surface area contributed by atoms with E-state index in [0.29, 0.717) is 18.7 Å². The van der Waals surface area contributed by atoms with Gasteiger partial charge in [-0.3, -0.25) is 10.1 Å². The molecule has 0 saturated heterocycles. The lowest BCUT2D eigenvalue weighted by Crippen LogP contribution is -2.27. The molecule has 26 heavy (non-hydrogen) atoms. The van der Waals surface area contributed by atoms with Gasteiger partial charge in [-0.25, -0.2) is 9.78 Å². The van der Waals surface area contributed by atoms with Crippen LogP contribution < -0.4 is 10.6 Å². The maximum atomic E-state index is 12.0. The summed E-state index contributed by atoms with van der Waals surface area (Å²) in [6.07, 6.45) is 6.04. The minimum Gasteiger partial charge on any atom is -0.444 e. The zero-order valence-electron chi connectivity index (χ0n) is 15.5. The van der Waals surface area contributed by atoms with E-state index in [-0.39, 0.29) is 5.91 Å². The lowest BCUT2D eigenvalue weighted by molar-refractivity contribution is -0.120. The zero-order valence-corrected chi connectivity index (χ0v) is 15.5. The fourth-order valence-corrected chi connectivity index (χ4v) is 2.28. The number of carbonyl (C=O) groups is 2. The normalized spacial score (nSPS) is 11.0. The molecule has 1 heterocycles. The molecule has 0 saturated carbocycles. The molecule has 2 aromatic rings. The topological polar surface area (TPSA) is 85.2 Å². The molecular weight excluding hydrogens is 332 g/mol. The average Bonchev–Trinajstić information content (AvgIpc) is 3.05. The van der Waals surface area contributed by atoms with Crippen LogP contribution in [0.2, 0.25) is 0 Å². The Morgan fingerprint density at radius 1 is 1.19 bits per heavy atom. The van der Waals surface area contributed by atoms with Crippen LogP contribution in [0.15, 0.2) is 43.0 Å². The Morgan fingerprint density at radius 2 is 1.92 bits per heavy atom. The van der Waals surface area contributed by atoms with E-state index in [0.717, 1.165) is 18.5 Å². The monoisotopic (exact) mass is 358 g/mol. The van der Waals surface area contributed by atoms with Crippen molar-refractivity contribution in [3.63, 3.8) is 0 Å². The molecule has 1 aromatic heterocycles. The fraction of sp³-hybridized carbons (Fsp3) is 0.421. The summed E-state index contributed by atoms with van der Waals surface area (Å²) in [6.45, 7) is 6.87. The van der Waals surface area contributed by atoms with Crippen LogP contribution in [0.4, 0.5) is 10.5 Å². The van der Waals surface area contributed by atoms with Gasteiger partial charge in [-0.15, -0.1) is 0 Å². The summed E-state index contributed by atoms with van der Waals surface area (Å²) in [6, 6.07) is 7.15. The van der Waals surface area contributed by atoms with Crippen molar-refractivity contribution < 1.29 is 14.3 Å². The SMILES string of the molecule is CC(C)(C)OC(=O)Nc1ccc(CC(=O)NCCCn2ccnc2)cc1. The van der Waals surface area contributed by atoms with Crippen LogP contribution in [0.5, 0.6) is 0 Å².